The van der Waals surface area contributed by atoms with Crippen molar-refractivity contribution in [1.82, 2.24) is 0 Å². The molecule has 0 aromatic heterocycles. The highest BCUT2D eigenvalue weighted by Gasteiger charge is 0.943. The van der Waals surface area contributed by atoms with Gasteiger partial charge in [0, 0.05) is 6.38 Å². The van der Waals surface area contributed by atoms with E-state index in [1.165, 1.54) is 6.38 Å². The Labute approximate surface area is 44.9 Å². The van der Waals surface area contributed by atoms with E-state index in [1.54, 1.807) is 0 Å². The third-order valence-corrected chi connectivity index (χ3v) is 0. The monoisotopic (exact) mass is 116 g/mol. The number of rotatable bonds is 0. The highest BCUT2D eigenvalue weighted by Crippen LogP contribution is 1.34. The molecule has 0 bridgehead atoms. The number of hydrogen-bond donors (Lipinski definition) is 0. The van der Waals surface area contributed by atoms with Crippen LogP contribution in [0.1, 0.15) is 13.8 Å². The molecule has 0 amide bonds. The summed E-state index contributed by atoms with van der Waals surface area (Å²) in [7, 11) is 0. The molecule has 0 saturated heterocycles. The Bertz CT molecular complexity index is 4.85. The Kier molecular flexibility index (Phi) is 614. The maximum atomic E-state index is 4.64. The van der Waals surface area contributed by atoms with Gasteiger partial charge in [0.2, 0.25) is 0 Å². The predicted molar refractivity (Wildman–Crippen MR) is 30.4 cm³/mol. The quantitative estimate of drug-likeness (QED) is 0.427. The lowest BCUT2D eigenvalue weighted by molar-refractivity contribution is 1.50. The maximum Gasteiger partial charge on any atom is 0.0108 e. The lowest BCUT2D eigenvalue weighted by Gasteiger charge is -1.07. The van der Waals surface area contributed by atoms with Crippen LogP contribution in [0.15, 0.2) is 0 Å². The molecule has 0 N–H and O–H groups in total. The van der Waals surface area contributed by atoms with Gasteiger partial charge in [-0.2, -0.15) is 0 Å². The van der Waals surface area contributed by atoms with Crippen molar-refractivity contribution >= 4 is 24.0 Å². The second-order valence-electron chi connectivity index (χ2n) is 0. The van der Waals surface area contributed by atoms with Crippen LogP contribution in [0.3, 0.4) is 0 Å². The molecule has 0 atom stereocenters. The molecule has 0 fully saturated rings. The first-order chi connectivity index (χ1) is 2.00. The molecule has 0 aliphatic rings. The molecule has 0 aromatic rings. The average molecular weight is 117 g/mol. The zero-order chi connectivity index (χ0) is 4.00. The first-order valence-electron chi connectivity index (χ1n) is 1.38. The number of hydrogen-bond acceptors (Lipinski definition) is 0. The molecule has 0 unspecified atom stereocenters. The molecule has 0 heterocycles. The van der Waals surface area contributed by atoms with Gasteiger partial charge < -0.3 is 0 Å². The van der Waals surface area contributed by atoms with Crippen LogP contribution >= 0.6 is 24.0 Å². The minimum Gasteiger partial charge on any atom is -0.147 e. The second-order valence-corrected chi connectivity index (χ2v) is 0. The third kappa shape index (κ3) is 90.6. The van der Waals surface area contributed by atoms with Crippen LogP contribution in [-0.4, -0.2) is 6.38 Å². The Morgan fingerprint density at radius 1 is 1.00 bits per heavy atom. The van der Waals surface area contributed by atoms with Crippen LogP contribution < -0.4 is 0 Å². The van der Waals surface area contributed by atoms with Crippen molar-refractivity contribution in [3.63, 3.8) is 0 Å². The normalized spacial score (nSPS) is 2.40. The summed E-state index contributed by atoms with van der Waals surface area (Å²) in [5.41, 5.74) is 0. The van der Waals surface area contributed by atoms with Crippen molar-refractivity contribution in [2.75, 3.05) is 6.38 Å². The van der Waals surface area contributed by atoms with E-state index >= 15 is 0 Å². The van der Waals surface area contributed by atoms with Gasteiger partial charge in [-0.3, -0.25) is 0 Å². The molecule has 0 aliphatic carbocycles. The summed E-state index contributed by atoms with van der Waals surface area (Å²) in [6.07, 6.45) is 1.47. The molecule has 0 aromatic carbocycles. The van der Waals surface area contributed by atoms with Gasteiger partial charge >= 0.3 is 0 Å². The van der Waals surface area contributed by atoms with E-state index in [1.807, 2.05) is 13.8 Å². The van der Waals surface area contributed by atoms with Crippen LogP contribution in [0.2, 0.25) is 0 Å². The third-order valence-electron chi connectivity index (χ3n) is 0. The van der Waals surface area contributed by atoms with Gasteiger partial charge in [-0.25, -0.2) is 0 Å². The fraction of sp³-hybridized carbons (Fsp3) is 1.00. The van der Waals surface area contributed by atoms with Gasteiger partial charge in [-0.05, 0) is 0 Å². The first kappa shape index (κ1) is 17.6. The van der Waals surface area contributed by atoms with E-state index in [4.69, 9.17) is 0 Å². The lowest BCUT2D eigenvalue weighted by atomic mass is 11.0. The molecule has 0 aliphatic heterocycles. The summed E-state index contributed by atoms with van der Waals surface area (Å²) in [6.45, 7) is 4.00. The van der Waals surface area contributed by atoms with Crippen molar-refractivity contribution in [3.05, 3.63) is 0 Å². The molecule has 0 spiro atoms. The zero-order valence-corrected chi connectivity index (χ0v) is 5.36. The summed E-state index contributed by atoms with van der Waals surface area (Å²) >= 11 is 4.64. The Morgan fingerprint density at radius 3 is 1.00 bits per heavy atom. The minimum absolute atomic E-state index is 0. The minimum atomic E-state index is 0. The molecule has 0 rings (SSSR count). The fourth-order valence-electron chi connectivity index (χ4n) is 0. The SMILES string of the molecule is CC.CCl.Cl. The van der Waals surface area contributed by atoms with Gasteiger partial charge in [0.05, 0.1) is 0 Å². The van der Waals surface area contributed by atoms with Crippen LogP contribution in [0.25, 0.3) is 0 Å². The Balaban J connectivity index is -0.0000000133. The van der Waals surface area contributed by atoms with E-state index in [2.05, 4.69) is 11.6 Å². The van der Waals surface area contributed by atoms with Crippen molar-refractivity contribution in [3.8, 4) is 0 Å². The van der Waals surface area contributed by atoms with Crippen LogP contribution in [0.4, 0.5) is 0 Å². The fourth-order valence-corrected chi connectivity index (χ4v) is 0. The van der Waals surface area contributed by atoms with Crippen molar-refractivity contribution in [1.29, 1.82) is 0 Å². The van der Waals surface area contributed by atoms with Crippen LogP contribution in [0, 0.1) is 0 Å². The van der Waals surface area contributed by atoms with E-state index in [9.17, 15) is 0 Å². The second kappa shape index (κ2) is 174. The Morgan fingerprint density at radius 2 is 1.00 bits per heavy atom. The summed E-state index contributed by atoms with van der Waals surface area (Å²) in [5.74, 6) is 0. The molecule has 0 saturated carbocycles. The Hall–Kier alpha value is 0.580. The highest BCUT2D eigenvalue weighted by molar-refractivity contribution is 6.15. The first-order valence-corrected chi connectivity index (χ1v) is 2.13. The summed E-state index contributed by atoms with van der Waals surface area (Å²) in [6, 6.07) is 0. The number of alkyl halides is 1. The van der Waals surface area contributed by atoms with E-state index in [-0.39, 0.29) is 12.4 Å². The zero-order valence-electron chi connectivity index (χ0n) is 3.79. The van der Waals surface area contributed by atoms with Crippen molar-refractivity contribution in [2.24, 2.45) is 0 Å². The molecule has 0 radical (unpaired) electrons. The molecule has 0 nitrogen and oxygen atoms in total. The topological polar surface area (TPSA) is 0 Å². The van der Waals surface area contributed by atoms with E-state index < -0.39 is 0 Å². The predicted octanol–water partition coefficient (Wildman–Crippen LogP) is 2.30. The number of halogens is 2. The largest absolute Gasteiger partial charge is 0.147 e. The van der Waals surface area contributed by atoms with Crippen LogP contribution in [0.5, 0.6) is 0 Å². The smallest absolute Gasteiger partial charge is 0.0108 e. The summed E-state index contributed by atoms with van der Waals surface area (Å²) in [4.78, 5) is 0. The van der Waals surface area contributed by atoms with E-state index in [0.29, 0.717) is 0 Å². The van der Waals surface area contributed by atoms with Gasteiger partial charge in [0.1, 0.15) is 0 Å². The maximum absolute atomic E-state index is 4.64. The molecular formula is C3H10Cl2. The highest BCUT2D eigenvalue weighted by atomic mass is 35.5. The molecule has 5 heavy (non-hydrogen) atoms. The van der Waals surface area contributed by atoms with Gasteiger partial charge in [0.25, 0.3) is 0 Å². The van der Waals surface area contributed by atoms with Crippen LogP contribution in [-0.2, 0) is 0 Å². The molecular weight excluding hydrogens is 107 g/mol. The van der Waals surface area contributed by atoms with Gasteiger partial charge in [0.15, 0.2) is 0 Å². The van der Waals surface area contributed by atoms with E-state index in [0.717, 1.165) is 0 Å². The van der Waals surface area contributed by atoms with Crippen molar-refractivity contribution in [2.45, 2.75) is 13.8 Å². The standard InChI is InChI=1S/C2H6.CH3Cl.ClH/c2*1-2;/h1-2H3;1H3;1H. The molecule has 36 valence electrons. The molecule has 2 heteroatoms. The average Bonchev–Trinajstić information content (AvgIpc) is 1.50. The van der Waals surface area contributed by atoms with Gasteiger partial charge in [-0.1, -0.05) is 13.8 Å². The summed E-state index contributed by atoms with van der Waals surface area (Å²) < 4.78 is 0. The van der Waals surface area contributed by atoms with Crippen molar-refractivity contribution < 1.29 is 0 Å². The summed E-state index contributed by atoms with van der Waals surface area (Å²) in [5, 5.41) is 0. The lowest BCUT2D eigenvalue weighted by Crippen LogP contribution is -0.856. The van der Waals surface area contributed by atoms with Gasteiger partial charge in [-0.15, -0.1) is 24.0 Å².